The number of hydrogen-bond donors (Lipinski definition) is 2. The predicted molar refractivity (Wildman–Crippen MR) is 25.8 cm³/mol. The Kier molecular flexibility index (Phi) is 1.73. The van der Waals surface area contributed by atoms with E-state index in [0.29, 0.717) is 0 Å². The largest absolute Gasteiger partial charge is 0.311 e. The van der Waals surface area contributed by atoms with Gasteiger partial charge >= 0.3 is 10.2 Å². The summed E-state index contributed by atoms with van der Waals surface area (Å²) in [4.78, 5) is 1.55. The van der Waals surface area contributed by atoms with Gasteiger partial charge in [0.2, 0.25) is 0 Å². The fourth-order valence-electron chi connectivity index (χ4n) is 0.0900. The lowest BCUT2D eigenvalue weighted by Gasteiger charge is -1.88. The van der Waals surface area contributed by atoms with Crippen LogP contribution in [-0.4, -0.2) is 15.1 Å². The van der Waals surface area contributed by atoms with E-state index in [4.69, 9.17) is 0 Å². The molecule has 0 radical (unpaired) electrons. The molecule has 0 rings (SSSR count). The fraction of sp³-hybridized carbons (Fsp3) is 0. The Labute approximate surface area is 41.4 Å². The summed E-state index contributed by atoms with van der Waals surface area (Å²) in [5, 5.41) is 7.17. The minimum atomic E-state index is -3.65. The molecule has 6 heteroatoms. The minimum absolute atomic E-state index is 1.55. The maximum atomic E-state index is 9.76. The molecule has 0 amide bonds. The van der Waals surface area contributed by atoms with Crippen molar-refractivity contribution >= 4 is 16.9 Å². The van der Waals surface area contributed by atoms with E-state index in [1.807, 2.05) is 0 Å². The van der Waals surface area contributed by atoms with Crippen LogP contribution in [0.5, 0.6) is 0 Å². The Hall–Kier alpha value is -0.620. The molecule has 0 aromatic carbocycles. The predicted octanol–water partition coefficient (Wildman–Crippen LogP) is -1.60. The van der Waals surface area contributed by atoms with Crippen LogP contribution < -0.4 is 9.97 Å². The molecule has 0 unspecified atom stereocenters. The van der Waals surface area contributed by atoms with E-state index in [2.05, 4.69) is 17.0 Å². The van der Waals surface area contributed by atoms with Crippen molar-refractivity contribution in [1.82, 2.24) is 4.83 Å². The van der Waals surface area contributed by atoms with E-state index >= 15 is 0 Å². The zero-order chi connectivity index (χ0) is 5.91. The van der Waals surface area contributed by atoms with E-state index in [1.165, 1.54) is 0 Å². The molecule has 0 aliphatic heterocycles. The highest BCUT2D eigenvalue weighted by atomic mass is 32.2. The third-order valence-corrected chi connectivity index (χ3v) is 0.575. The van der Waals surface area contributed by atoms with E-state index in [0.717, 1.165) is 0 Å². The maximum Gasteiger partial charge on any atom is 0.311 e. The first-order valence-electron chi connectivity index (χ1n) is 1.31. The Morgan fingerprint density at radius 1 is 1.71 bits per heavy atom. The summed E-state index contributed by atoms with van der Waals surface area (Å²) >= 11 is 0. The number of rotatable bonds is 2. The highest BCUT2D eigenvalue weighted by Crippen LogP contribution is 1.60. The van der Waals surface area contributed by atoms with Crippen LogP contribution in [0.4, 0.5) is 0 Å². The normalized spacial score (nSPS) is 10.4. The van der Waals surface area contributed by atoms with Gasteiger partial charge in [0.25, 0.3) is 0 Å². The third kappa shape index (κ3) is 5.38. The molecule has 0 saturated carbocycles. The minimum Gasteiger partial charge on any atom is -0.210 e. The van der Waals surface area contributed by atoms with Crippen molar-refractivity contribution in [3.63, 3.8) is 0 Å². The first-order valence-corrected chi connectivity index (χ1v) is 2.86. The van der Waals surface area contributed by atoms with Gasteiger partial charge in [0.1, 0.15) is 0 Å². The number of nitrogens with one attached hydrogen (secondary N) is 1. The third-order valence-electron chi connectivity index (χ3n) is 0.192. The molecular formula is CH5N3O2S. The van der Waals surface area contributed by atoms with Gasteiger partial charge in [-0.2, -0.15) is 18.4 Å². The van der Waals surface area contributed by atoms with Gasteiger partial charge in [0, 0.05) is 6.72 Å². The number of hydrogen-bond acceptors (Lipinski definition) is 3. The molecule has 7 heavy (non-hydrogen) atoms. The van der Waals surface area contributed by atoms with Gasteiger partial charge in [-0.05, 0) is 0 Å². The fourth-order valence-corrected chi connectivity index (χ4v) is 0.270. The van der Waals surface area contributed by atoms with Crippen LogP contribution in [-0.2, 0) is 10.2 Å². The Morgan fingerprint density at radius 2 is 2.14 bits per heavy atom. The summed E-state index contributed by atoms with van der Waals surface area (Å²) in [5.41, 5.74) is 0. The van der Waals surface area contributed by atoms with Gasteiger partial charge < -0.3 is 0 Å². The Bertz CT molecular complexity index is 146. The SMILES string of the molecule is C=NNS(N)(=O)=O. The number of nitrogens with zero attached hydrogens (tertiary/aromatic N) is 1. The van der Waals surface area contributed by atoms with Crippen molar-refractivity contribution in [1.29, 1.82) is 0 Å². The van der Waals surface area contributed by atoms with Crippen LogP contribution in [0, 0.1) is 0 Å². The van der Waals surface area contributed by atoms with Crippen LogP contribution in [0.1, 0.15) is 0 Å². The Balaban J connectivity index is 3.84. The molecule has 0 fully saturated rings. The summed E-state index contributed by atoms with van der Waals surface area (Å²) in [5.74, 6) is 0. The number of hydrazone groups is 1. The van der Waals surface area contributed by atoms with Crippen LogP contribution >= 0.6 is 0 Å². The van der Waals surface area contributed by atoms with Crippen molar-refractivity contribution < 1.29 is 8.42 Å². The molecule has 0 aliphatic carbocycles. The van der Waals surface area contributed by atoms with E-state index in [9.17, 15) is 8.42 Å². The summed E-state index contributed by atoms with van der Waals surface area (Å²) in [7, 11) is -3.65. The molecule has 0 aliphatic rings. The van der Waals surface area contributed by atoms with Crippen molar-refractivity contribution in [2.45, 2.75) is 0 Å². The van der Waals surface area contributed by atoms with Gasteiger partial charge in [-0.3, -0.25) is 0 Å². The molecule has 42 valence electrons. The zero-order valence-electron chi connectivity index (χ0n) is 3.46. The second kappa shape index (κ2) is 1.90. The smallest absolute Gasteiger partial charge is 0.210 e. The topological polar surface area (TPSA) is 84.5 Å². The van der Waals surface area contributed by atoms with Crippen molar-refractivity contribution in [3.8, 4) is 0 Å². The second-order valence-electron chi connectivity index (χ2n) is 0.794. The molecule has 0 spiro atoms. The van der Waals surface area contributed by atoms with Crippen LogP contribution in [0.25, 0.3) is 0 Å². The first kappa shape index (κ1) is 6.38. The molecule has 0 bridgehead atoms. The van der Waals surface area contributed by atoms with E-state index < -0.39 is 10.2 Å². The maximum absolute atomic E-state index is 9.76. The second-order valence-corrected chi connectivity index (χ2v) is 2.07. The van der Waals surface area contributed by atoms with E-state index in [-0.39, 0.29) is 0 Å². The summed E-state index contributed by atoms with van der Waals surface area (Å²) < 4.78 is 19.5. The van der Waals surface area contributed by atoms with Crippen LogP contribution in [0.2, 0.25) is 0 Å². The highest BCUT2D eigenvalue weighted by Gasteiger charge is 1.91. The van der Waals surface area contributed by atoms with Gasteiger partial charge in [-0.25, -0.2) is 5.14 Å². The molecule has 0 atom stereocenters. The molecular weight excluding hydrogens is 118 g/mol. The van der Waals surface area contributed by atoms with Gasteiger partial charge in [-0.15, -0.1) is 0 Å². The molecule has 5 nitrogen and oxygen atoms in total. The van der Waals surface area contributed by atoms with Gasteiger partial charge in [0.05, 0.1) is 0 Å². The summed E-state index contributed by atoms with van der Waals surface area (Å²) in [6.07, 6.45) is 0. The lowest BCUT2D eigenvalue weighted by atomic mass is 11.7. The van der Waals surface area contributed by atoms with Crippen LogP contribution in [0.15, 0.2) is 5.10 Å². The van der Waals surface area contributed by atoms with Gasteiger partial charge in [0.15, 0.2) is 0 Å². The lowest BCUT2D eigenvalue weighted by molar-refractivity contribution is 0.586. The highest BCUT2D eigenvalue weighted by molar-refractivity contribution is 7.87. The molecule has 0 aromatic heterocycles. The monoisotopic (exact) mass is 123 g/mol. The first-order chi connectivity index (χ1) is 3.06. The summed E-state index contributed by atoms with van der Waals surface area (Å²) in [6, 6.07) is 0. The molecule has 3 N–H and O–H groups in total. The van der Waals surface area contributed by atoms with Crippen LogP contribution in [0.3, 0.4) is 0 Å². The molecule has 0 heterocycles. The Morgan fingerprint density at radius 3 is 2.14 bits per heavy atom. The molecule has 0 aromatic rings. The standard InChI is InChI=1S/CH5N3O2S/c1-3-4-7(2,5)6/h4H,1H2,(H2,2,5,6). The zero-order valence-corrected chi connectivity index (χ0v) is 4.27. The quantitative estimate of drug-likeness (QED) is 0.342. The van der Waals surface area contributed by atoms with Crippen molar-refractivity contribution in [3.05, 3.63) is 0 Å². The molecule has 0 saturated heterocycles. The van der Waals surface area contributed by atoms with Crippen molar-refractivity contribution in [2.75, 3.05) is 0 Å². The average Bonchev–Trinajstić information content (AvgIpc) is 1.30. The van der Waals surface area contributed by atoms with E-state index in [1.54, 1.807) is 4.83 Å². The van der Waals surface area contributed by atoms with Crippen molar-refractivity contribution in [2.24, 2.45) is 10.2 Å². The number of nitrogens with two attached hydrogens (primary N) is 1. The lowest BCUT2D eigenvalue weighted by Crippen LogP contribution is -2.25. The average molecular weight is 123 g/mol. The van der Waals surface area contributed by atoms with Gasteiger partial charge in [-0.1, -0.05) is 0 Å². The summed E-state index contributed by atoms with van der Waals surface area (Å²) in [6.45, 7) is 2.83.